The van der Waals surface area contributed by atoms with E-state index in [0.717, 1.165) is 17.7 Å². The molecule has 0 spiro atoms. The van der Waals surface area contributed by atoms with Crippen molar-refractivity contribution in [1.29, 1.82) is 0 Å². The number of likely N-dealkylation sites (N-methyl/N-ethyl adjacent to an activating group) is 1. The molecule has 0 aliphatic carbocycles. The quantitative estimate of drug-likeness (QED) is 0.773. The molecular weight excluding hydrogens is 294 g/mol. The van der Waals surface area contributed by atoms with E-state index in [0.29, 0.717) is 18.7 Å². The summed E-state index contributed by atoms with van der Waals surface area (Å²) >= 11 is 0. The van der Waals surface area contributed by atoms with Crippen LogP contribution in [-0.4, -0.2) is 60.5 Å². The molecule has 128 valence electrons. The summed E-state index contributed by atoms with van der Waals surface area (Å²) in [6.07, 6.45) is -0.0642. The summed E-state index contributed by atoms with van der Waals surface area (Å²) in [6.45, 7) is 4.63. The fraction of sp³-hybridized carbons (Fsp3) is 0.529. The van der Waals surface area contributed by atoms with Crippen molar-refractivity contribution in [3.8, 4) is 0 Å². The van der Waals surface area contributed by atoms with Crippen molar-refractivity contribution in [3.63, 3.8) is 0 Å². The Balaban J connectivity index is 2.74. The first kappa shape index (κ1) is 19.1. The molecule has 0 bridgehead atoms. The summed E-state index contributed by atoms with van der Waals surface area (Å²) in [5.74, 6) is -1.27. The molecule has 0 saturated heterocycles. The molecule has 1 atom stereocenters. The van der Waals surface area contributed by atoms with E-state index in [1.54, 1.807) is 14.0 Å². The van der Waals surface area contributed by atoms with Crippen LogP contribution in [0.2, 0.25) is 0 Å². The number of carbonyl (C=O) groups is 2. The number of nitrogens with one attached hydrogen (secondary N) is 1. The highest BCUT2D eigenvalue weighted by atomic mass is 16.3. The summed E-state index contributed by atoms with van der Waals surface area (Å²) in [5, 5.41) is 11.9. The fourth-order valence-electron chi connectivity index (χ4n) is 2.10. The molecule has 1 unspecified atom stereocenters. The van der Waals surface area contributed by atoms with Crippen molar-refractivity contribution in [1.82, 2.24) is 9.80 Å². The minimum Gasteiger partial charge on any atom is -0.393 e. The third-order valence-corrected chi connectivity index (χ3v) is 3.47. The monoisotopic (exact) mass is 321 g/mol. The summed E-state index contributed by atoms with van der Waals surface area (Å²) in [7, 11) is 5.50. The van der Waals surface area contributed by atoms with E-state index < -0.39 is 17.9 Å². The van der Waals surface area contributed by atoms with Gasteiger partial charge in [0.1, 0.15) is 0 Å². The zero-order valence-corrected chi connectivity index (χ0v) is 14.6. The van der Waals surface area contributed by atoms with Crippen molar-refractivity contribution < 1.29 is 14.7 Å². The molecule has 2 N–H and O–H groups in total. The molecule has 1 aromatic rings. The number of nitrogens with zero attached hydrogens (tertiary/aromatic N) is 2. The Hall–Kier alpha value is -1.92. The third-order valence-electron chi connectivity index (χ3n) is 3.47. The van der Waals surface area contributed by atoms with Gasteiger partial charge in [0.05, 0.1) is 6.10 Å². The van der Waals surface area contributed by atoms with Gasteiger partial charge < -0.3 is 20.2 Å². The van der Waals surface area contributed by atoms with E-state index in [2.05, 4.69) is 5.32 Å². The molecular formula is C17H27N3O3. The van der Waals surface area contributed by atoms with Gasteiger partial charge in [-0.25, -0.2) is 0 Å². The van der Waals surface area contributed by atoms with Crippen LogP contribution >= 0.6 is 0 Å². The number of anilines is 1. The Morgan fingerprint density at radius 2 is 1.91 bits per heavy atom. The molecule has 0 fully saturated rings. The molecule has 0 aliphatic heterocycles. The van der Waals surface area contributed by atoms with Crippen molar-refractivity contribution in [2.75, 3.05) is 33.0 Å². The first-order valence-electron chi connectivity index (χ1n) is 7.69. The molecule has 1 aromatic carbocycles. The Kier molecular flexibility index (Phi) is 7.19. The average Bonchev–Trinajstić information content (AvgIpc) is 2.46. The number of rotatable bonds is 6. The van der Waals surface area contributed by atoms with Crippen molar-refractivity contribution in [3.05, 3.63) is 29.3 Å². The maximum atomic E-state index is 12.1. The largest absolute Gasteiger partial charge is 0.393 e. The van der Waals surface area contributed by atoms with Crippen LogP contribution in [0.15, 0.2) is 18.2 Å². The van der Waals surface area contributed by atoms with Crippen LogP contribution in [0.5, 0.6) is 0 Å². The van der Waals surface area contributed by atoms with Gasteiger partial charge in [0.15, 0.2) is 0 Å². The second-order valence-corrected chi connectivity index (χ2v) is 6.21. The second-order valence-electron chi connectivity index (χ2n) is 6.21. The Morgan fingerprint density at radius 3 is 2.48 bits per heavy atom. The van der Waals surface area contributed by atoms with Gasteiger partial charge in [-0.2, -0.15) is 0 Å². The third kappa shape index (κ3) is 6.38. The van der Waals surface area contributed by atoms with Crippen molar-refractivity contribution >= 4 is 17.5 Å². The summed E-state index contributed by atoms with van der Waals surface area (Å²) < 4.78 is 0. The van der Waals surface area contributed by atoms with Gasteiger partial charge in [0.2, 0.25) is 0 Å². The number of aliphatic hydroxyl groups excluding tert-OH is 1. The standard InChI is InChI=1S/C17H27N3O3/c1-12-6-7-14(11-19(3)4)10-15(12)18-16(22)17(23)20(5)9-8-13(2)21/h6-7,10,13,21H,8-9,11H2,1-5H3,(H,18,22). The van der Waals surface area contributed by atoms with E-state index in [-0.39, 0.29) is 0 Å². The average molecular weight is 321 g/mol. The molecule has 0 aliphatic rings. The molecule has 0 saturated carbocycles. The lowest BCUT2D eigenvalue weighted by atomic mass is 10.1. The van der Waals surface area contributed by atoms with Gasteiger partial charge in [0, 0.05) is 25.8 Å². The maximum Gasteiger partial charge on any atom is 0.313 e. The Labute approximate surface area is 138 Å². The zero-order valence-electron chi connectivity index (χ0n) is 14.6. The Morgan fingerprint density at radius 1 is 1.26 bits per heavy atom. The molecule has 6 heteroatoms. The molecule has 23 heavy (non-hydrogen) atoms. The van der Waals surface area contributed by atoms with Crippen LogP contribution in [0.1, 0.15) is 24.5 Å². The second kappa shape index (κ2) is 8.64. The minimum atomic E-state index is -0.664. The van der Waals surface area contributed by atoms with Gasteiger partial charge in [-0.3, -0.25) is 9.59 Å². The molecule has 0 radical (unpaired) electrons. The van der Waals surface area contributed by atoms with E-state index in [1.807, 2.05) is 44.1 Å². The lowest BCUT2D eigenvalue weighted by Crippen LogP contribution is -2.38. The SMILES string of the molecule is Cc1ccc(CN(C)C)cc1NC(=O)C(=O)N(C)CCC(C)O. The van der Waals surface area contributed by atoms with E-state index >= 15 is 0 Å². The highest BCUT2D eigenvalue weighted by Gasteiger charge is 2.19. The van der Waals surface area contributed by atoms with Crippen molar-refractivity contribution in [2.24, 2.45) is 0 Å². The van der Waals surface area contributed by atoms with Gasteiger partial charge in [-0.15, -0.1) is 0 Å². The molecule has 1 rings (SSSR count). The molecule has 2 amide bonds. The zero-order chi connectivity index (χ0) is 17.6. The van der Waals surface area contributed by atoms with Gasteiger partial charge in [-0.1, -0.05) is 12.1 Å². The predicted molar refractivity (Wildman–Crippen MR) is 91.1 cm³/mol. The maximum absolute atomic E-state index is 12.1. The first-order chi connectivity index (χ1) is 10.7. The molecule has 0 aromatic heterocycles. The minimum absolute atomic E-state index is 0.337. The van der Waals surface area contributed by atoms with Crippen LogP contribution < -0.4 is 5.32 Å². The van der Waals surface area contributed by atoms with Crippen LogP contribution in [0, 0.1) is 6.92 Å². The van der Waals surface area contributed by atoms with E-state index in [4.69, 9.17) is 0 Å². The summed E-state index contributed by atoms with van der Waals surface area (Å²) in [6, 6.07) is 5.81. The molecule has 0 heterocycles. The van der Waals surface area contributed by atoms with Gasteiger partial charge in [0.25, 0.3) is 0 Å². The smallest absolute Gasteiger partial charge is 0.313 e. The van der Waals surface area contributed by atoms with E-state index in [9.17, 15) is 14.7 Å². The predicted octanol–water partition coefficient (Wildman–Crippen LogP) is 1.22. The Bertz CT molecular complexity index is 556. The number of hydrogen-bond donors (Lipinski definition) is 2. The summed E-state index contributed by atoms with van der Waals surface area (Å²) in [4.78, 5) is 27.5. The lowest BCUT2D eigenvalue weighted by molar-refractivity contribution is -0.142. The van der Waals surface area contributed by atoms with Gasteiger partial charge >= 0.3 is 11.8 Å². The number of carbonyl (C=O) groups excluding carboxylic acids is 2. The number of aliphatic hydroxyl groups is 1. The number of benzene rings is 1. The highest BCUT2D eigenvalue weighted by molar-refractivity contribution is 6.39. The summed E-state index contributed by atoms with van der Waals surface area (Å²) in [5.41, 5.74) is 2.61. The van der Waals surface area contributed by atoms with Crippen LogP contribution in [-0.2, 0) is 16.1 Å². The highest BCUT2D eigenvalue weighted by Crippen LogP contribution is 2.18. The lowest BCUT2D eigenvalue weighted by Gasteiger charge is -2.18. The number of amides is 2. The number of aryl methyl sites for hydroxylation is 1. The van der Waals surface area contributed by atoms with Crippen LogP contribution in [0.4, 0.5) is 5.69 Å². The van der Waals surface area contributed by atoms with Crippen LogP contribution in [0.3, 0.4) is 0 Å². The fourth-order valence-corrected chi connectivity index (χ4v) is 2.10. The van der Waals surface area contributed by atoms with Gasteiger partial charge in [-0.05, 0) is 51.6 Å². The van der Waals surface area contributed by atoms with E-state index in [1.165, 1.54) is 4.90 Å². The normalized spacial score (nSPS) is 12.1. The molecule has 6 nitrogen and oxygen atoms in total. The van der Waals surface area contributed by atoms with Crippen molar-refractivity contribution in [2.45, 2.75) is 32.9 Å². The first-order valence-corrected chi connectivity index (χ1v) is 7.69. The topological polar surface area (TPSA) is 72.9 Å². The van der Waals surface area contributed by atoms with Crippen LogP contribution in [0.25, 0.3) is 0 Å². The number of hydrogen-bond acceptors (Lipinski definition) is 4.